The molecule has 1 aliphatic carbocycles. The van der Waals surface area contributed by atoms with Gasteiger partial charge in [0.1, 0.15) is 0 Å². The van der Waals surface area contributed by atoms with Gasteiger partial charge >= 0.3 is 0 Å². The number of ether oxygens (including phenoxy) is 1. The van der Waals surface area contributed by atoms with Gasteiger partial charge in [0.15, 0.2) is 17.9 Å². The molecule has 18 heavy (non-hydrogen) atoms. The predicted octanol–water partition coefficient (Wildman–Crippen LogP) is 3.99. The lowest BCUT2D eigenvalue weighted by atomic mass is 9.76. The van der Waals surface area contributed by atoms with Crippen LogP contribution >= 0.6 is 0 Å². The van der Waals surface area contributed by atoms with Crippen molar-refractivity contribution >= 4 is 6.29 Å². The fraction of sp³-hybridized carbons (Fsp3) is 0.533. The number of hydrogen-bond acceptors (Lipinski definition) is 2. The van der Waals surface area contributed by atoms with Gasteiger partial charge in [-0.2, -0.15) is 0 Å². The Bertz CT molecular complexity index is 430. The maximum Gasteiger partial charge on any atom is 0.165 e. The van der Waals surface area contributed by atoms with Gasteiger partial charge in [-0.3, -0.25) is 4.79 Å². The summed E-state index contributed by atoms with van der Waals surface area (Å²) in [6.07, 6.45) is 4.64. The first-order valence-electron chi connectivity index (χ1n) is 6.42. The summed E-state index contributed by atoms with van der Waals surface area (Å²) in [6, 6.07) is 4.43. The molecule has 1 aromatic rings. The number of hydrogen-bond donors (Lipinski definition) is 0. The monoisotopic (exact) mass is 250 g/mol. The van der Waals surface area contributed by atoms with Crippen molar-refractivity contribution in [3.63, 3.8) is 0 Å². The molecule has 0 heterocycles. The number of carbonyl (C=O) groups excluding carboxylic acids is 1. The Morgan fingerprint density at radius 2 is 2.00 bits per heavy atom. The van der Waals surface area contributed by atoms with Gasteiger partial charge in [-0.05, 0) is 43.2 Å². The van der Waals surface area contributed by atoms with Gasteiger partial charge in [0.2, 0.25) is 0 Å². The molecule has 0 aromatic heterocycles. The molecule has 0 unspecified atom stereocenters. The molecule has 0 spiro atoms. The number of rotatable bonds is 3. The normalized spacial score (nSPS) is 19.5. The highest BCUT2D eigenvalue weighted by Gasteiger charge is 2.28. The summed E-state index contributed by atoms with van der Waals surface area (Å²) in [5.74, 6) is -0.346. The fourth-order valence-corrected chi connectivity index (χ4v) is 2.40. The predicted molar refractivity (Wildman–Crippen MR) is 68.5 cm³/mol. The lowest BCUT2D eigenvalue weighted by molar-refractivity contribution is 0.0928. The van der Waals surface area contributed by atoms with Crippen molar-refractivity contribution in [2.75, 3.05) is 0 Å². The smallest absolute Gasteiger partial charge is 0.165 e. The minimum absolute atomic E-state index is 0.0219. The van der Waals surface area contributed by atoms with Crippen LogP contribution in [0.25, 0.3) is 0 Å². The Kier molecular flexibility index (Phi) is 3.69. The number of benzene rings is 1. The highest BCUT2D eigenvalue weighted by atomic mass is 19.1. The van der Waals surface area contributed by atoms with Crippen LogP contribution in [0.5, 0.6) is 5.75 Å². The lowest BCUT2D eigenvalue weighted by Gasteiger charge is -2.34. The van der Waals surface area contributed by atoms with Crippen LogP contribution < -0.4 is 4.74 Å². The number of halogens is 1. The molecule has 1 fully saturated rings. The summed E-state index contributed by atoms with van der Waals surface area (Å²) < 4.78 is 19.4. The highest BCUT2D eigenvalue weighted by Crippen LogP contribution is 2.37. The highest BCUT2D eigenvalue weighted by molar-refractivity contribution is 5.79. The molecule has 1 aliphatic rings. The van der Waals surface area contributed by atoms with Crippen molar-refractivity contribution in [3.8, 4) is 5.75 Å². The molecule has 2 rings (SSSR count). The Hall–Kier alpha value is -1.38. The number of aldehydes is 1. The minimum atomic E-state index is -0.454. The molecule has 0 N–H and O–H groups in total. The van der Waals surface area contributed by atoms with Gasteiger partial charge in [0, 0.05) is 0 Å². The van der Waals surface area contributed by atoms with Gasteiger partial charge in [-0.1, -0.05) is 19.9 Å². The Balaban J connectivity index is 2.09. The molecular weight excluding hydrogens is 231 g/mol. The van der Waals surface area contributed by atoms with E-state index in [4.69, 9.17) is 4.74 Å². The second-order valence-electron chi connectivity index (χ2n) is 5.76. The Morgan fingerprint density at radius 3 is 2.61 bits per heavy atom. The van der Waals surface area contributed by atoms with Crippen LogP contribution in [0.2, 0.25) is 0 Å². The first-order valence-corrected chi connectivity index (χ1v) is 6.42. The zero-order chi connectivity index (χ0) is 13.2. The van der Waals surface area contributed by atoms with E-state index in [0.29, 0.717) is 17.3 Å². The van der Waals surface area contributed by atoms with Crippen molar-refractivity contribution in [2.45, 2.75) is 45.6 Å². The third-order valence-electron chi connectivity index (χ3n) is 3.70. The fourth-order valence-electron chi connectivity index (χ4n) is 2.40. The molecule has 98 valence electrons. The molecular formula is C15H19FO2. The molecule has 1 saturated carbocycles. The van der Waals surface area contributed by atoms with E-state index in [9.17, 15) is 9.18 Å². The zero-order valence-corrected chi connectivity index (χ0v) is 10.9. The molecule has 0 radical (unpaired) electrons. The summed E-state index contributed by atoms with van der Waals surface area (Å²) in [7, 11) is 0. The second kappa shape index (κ2) is 5.09. The first kappa shape index (κ1) is 13.1. The van der Waals surface area contributed by atoms with Crippen molar-refractivity contribution in [1.82, 2.24) is 0 Å². The van der Waals surface area contributed by atoms with Crippen molar-refractivity contribution in [3.05, 3.63) is 29.6 Å². The molecule has 0 amide bonds. The Labute approximate surface area is 107 Å². The van der Waals surface area contributed by atoms with E-state index in [1.165, 1.54) is 12.1 Å². The summed E-state index contributed by atoms with van der Waals surface area (Å²) >= 11 is 0. The van der Waals surface area contributed by atoms with Crippen LogP contribution in [0, 0.1) is 11.2 Å². The van der Waals surface area contributed by atoms with Crippen LogP contribution in [0.15, 0.2) is 18.2 Å². The molecule has 3 heteroatoms. The van der Waals surface area contributed by atoms with E-state index in [1.54, 1.807) is 6.07 Å². The molecule has 0 atom stereocenters. The minimum Gasteiger partial charge on any atom is -0.487 e. The Morgan fingerprint density at radius 1 is 1.33 bits per heavy atom. The van der Waals surface area contributed by atoms with Crippen LogP contribution in [-0.2, 0) is 0 Å². The van der Waals surface area contributed by atoms with Crippen LogP contribution in [0.3, 0.4) is 0 Å². The average Bonchev–Trinajstić information content (AvgIpc) is 2.34. The van der Waals surface area contributed by atoms with Gasteiger partial charge in [-0.15, -0.1) is 0 Å². The standard InChI is InChI=1S/C15H19FO2/c1-15(2)8-6-12(7-9-15)18-14-11(10-17)4-3-5-13(14)16/h3-5,10,12H,6-9H2,1-2H3. The molecule has 0 bridgehead atoms. The van der Waals surface area contributed by atoms with Crippen molar-refractivity contribution in [2.24, 2.45) is 5.41 Å². The van der Waals surface area contributed by atoms with E-state index in [2.05, 4.69) is 13.8 Å². The number of carbonyl (C=O) groups is 1. The molecule has 0 aliphatic heterocycles. The van der Waals surface area contributed by atoms with E-state index in [-0.39, 0.29) is 11.9 Å². The number of para-hydroxylation sites is 1. The van der Waals surface area contributed by atoms with Gasteiger partial charge < -0.3 is 4.74 Å². The van der Waals surface area contributed by atoms with Crippen molar-refractivity contribution < 1.29 is 13.9 Å². The third kappa shape index (κ3) is 2.89. The van der Waals surface area contributed by atoms with Gasteiger partial charge in [0.25, 0.3) is 0 Å². The van der Waals surface area contributed by atoms with Crippen LogP contribution in [-0.4, -0.2) is 12.4 Å². The average molecular weight is 250 g/mol. The molecule has 2 nitrogen and oxygen atoms in total. The first-order chi connectivity index (χ1) is 8.52. The van der Waals surface area contributed by atoms with E-state index >= 15 is 0 Å². The van der Waals surface area contributed by atoms with Crippen LogP contribution in [0.4, 0.5) is 4.39 Å². The second-order valence-corrected chi connectivity index (χ2v) is 5.76. The van der Waals surface area contributed by atoms with E-state index in [0.717, 1.165) is 25.7 Å². The summed E-state index contributed by atoms with van der Waals surface area (Å²) in [5, 5.41) is 0. The maximum absolute atomic E-state index is 13.7. The SMILES string of the molecule is CC1(C)CCC(Oc2c(F)cccc2C=O)CC1. The van der Waals surface area contributed by atoms with E-state index < -0.39 is 5.82 Å². The molecule has 1 aromatic carbocycles. The molecule has 0 saturated heterocycles. The summed E-state index contributed by atoms with van der Waals surface area (Å²) in [5.41, 5.74) is 0.641. The van der Waals surface area contributed by atoms with Crippen molar-refractivity contribution in [1.29, 1.82) is 0 Å². The third-order valence-corrected chi connectivity index (χ3v) is 3.70. The van der Waals surface area contributed by atoms with Crippen LogP contribution in [0.1, 0.15) is 49.9 Å². The largest absolute Gasteiger partial charge is 0.487 e. The maximum atomic E-state index is 13.7. The van der Waals surface area contributed by atoms with E-state index in [1.807, 2.05) is 0 Å². The topological polar surface area (TPSA) is 26.3 Å². The van der Waals surface area contributed by atoms with Gasteiger partial charge in [0.05, 0.1) is 11.7 Å². The summed E-state index contributed by atoms with van der Waals surface area (Å²) in [6.45, 7) is 4.48. The zero-order valence-electron chi connectivity index (χ0n) is 10.9. The lowest BCUT2D eigenvalue weighted by Crippen LogP contribution is -2.28. The summed E-state index contributed by atoms with van der Waals surface area (Å²) in [4.78, 5) is 10.9. The quantitative estimate of drug-likeness (QED) is 0.758. The van der Waals surface area contributed by atoms with Gasteiger partial charge in [-0.25, -0.2) is 4.39 Å².